The number of benzene rings is 1. The Balaban J connectivity index is 1.40. The number of aromatic nitrogens is 6. The van der Waals surface area contributed by atoms with Gasteiger partial charge in [-0.1, -0.05) is 23.4 Å². The zero-order valence-corrected chi connectivity index (χ0v) is 21.0. The third-order valence-corrected chi connectivity index (χ3v) is 7.48. The normalized spacial score (nSPS) is 17.3. The number of hydrogen-bond donors (Lipinski definition) is 1. The number of anilines is 1. The van der Waals surface area contributed by atoms with Crippen LogP contribution in [0.25, 0.3) is 22.8 Å². The predicted molar refractivity (Wildman–Crippen MR) is 137 cm³/mol. The van der Waals surface area contributed by atoms with Gasteiger partial charge in [0.2, 0.25) is 5.25 Å². The molecule has 1 aliphatic rings. The van der Waals surface area contributed by atoms with Gasteiger partial charge in [0.15, 0.2) is 17.5 Å². The summed E-state index contributed by atoms with van der Waals surface area (Å²) in [6.07, 6.45) is 5.33. The molecule has 3 heterocycles. The molecule has 0 bridgehead atoms. The minimum atomic E-state index is -0.781. The number of nitrogens with two attached hydrogens (primary N) is 1. The lowest BCUT2D eigenvalue weighted by molar-refractivity contribution is 0.438. The second kappa shape index (κ2) is 10.4. The van der Waals surface area contributed by atoms with E-state index >= 15 is 0 Å². The predicted octanol–water partition coefficient (Wildman–Crippen LogP) is 4.20. The molecule has 1 saturated carbocycles. The summed E-state index contributed by atoms with van der Waals surface area (Å²) < 4.78 is 27.6. The van der Waals surface area contributed by atoms with E-state index in [0.29, 0.717) is 40.8 Å². The molecule has 3 aromatic heterocycles. The number of nitrogen functional groups attached to an aromatic ring is 1. The van der Waals surface area contributed by atoms with Gasteiger partial charge in [0.1, 0.15) is 11.4 Å². The summed E-state index contributed by atoms with van der Waals surface area (Å²) in [5.74, 6) is -0.542. The highest BCUT2D eigenvalue weighted by atomic mass is 32.1. The van der Waals surface area contributed by atoms with Gasteiger partial charge in [-0.15, -0.1) is 5.10 Å². The molecule has 0 atom stereocenters. The van der Waals surface area contributed by atoms with E-state index in [0.717, 1.165) is 37.1 Å². The van der Waals surface area contributed by atoms with Crippen LogP contribution in [0.2, 0.25) is 0 Å². The highest BCUT2D eigenvalue weighted by Gasteiger charge is 2.30. The maximum Gasteiger partial charge on any atom is 0.462 e. The van der Waals surface area contributed by atoms with Gasteiger partial charge in [0, 0.05) is 34.2 Å². The Labute approximate surface area is 217 Å². The van der Waals surface area contributed by atoms with Gasteiger partial charge < -0.3 is 5.73 Å². The third-order valence-electron chi connectivity index (χ3n) is 6.73. The molecule has 0 unspecified atom stereocenters. The Morgan fingerprint density at radius 1 is 1.14 bits per heavy atom. The fraction of sp³-hybridized carbons (Fsp3) is 0.308. The lowest BCUT2D eigenvalue weighted by Crippen LogP contribution is -2.17. The molecule has 2 N–H and O–H groups in total. The monoisotopic (exact) mass is 515 g/mol. The molecule has 1 aliphatic carbocycles. The molecule has 0 radical (unpaired) electrons. The van der Waals surface area contributed by atoms with Crippen molar-refractivity contribution in [3.05, 3.63) is 70.9 Å². The molecule has 0 aliphatic heterocycles. The molecule has 186 valence electrons. The second-order valence-corrected chi connectivity index (χ2v) is 9.97. The van der Waals surface area contributed by atoms with Crippen LogP contribution in [-0.2, 0) is 22.4 Å². The maximum atomic E-state index is 15.0. The largest absolute Gasteiger partial charge is 0.462 e. The van der Waals surface area contributed by atoms with E-state index in [2.05, 4.69) is 26.3 Å². The third kappa shape index (κ3) is 5.06. The van der Waals surface area contributed by atoms with E-state index in [1.165, 1.54) is 0 Å². The van der Waals surface area contributed by atoms with Crippen LogP contribution in [0, 0.1) is 24.1 Å². The van der Waals surface area contributed by atoms with Crippen molar-refractivity contribution in [2.45, 2.75) is 50.3 Å². The number of nitrogens with zero attached hydrogens (tertiary/aromatic N) is 7. The Morgan fingerprint density at radius 2 is 1.92 bits per heavy atom. The number of nitriles is 1. The molecule has 37 heavy (non-hydrogen) atoms. The van der Waals surface area contributed by atoms with Crippen LogP contribution in [0.5, 0.6) is 0 Å². The van der Waals surface area contributed by atoms with Crippen molar-refractivity contribution in [3.8, 4) is 28.8 Å². The topological polar surface area (TPSA) is 136 Å². The van der Waals surface area contributed by atoms with Gasteiger partial charge in [-0.3, -0.25) is 4.98 Å². The molecule has 0 saturated heterocycles. The van der Waals surface area contributed by atoms with Crippen LogP contribution in [0.3, 0.4) is 0 Å². The first-order valence-corrected chi connectivity index (χ1v) is 12.7. The average Bonchev–Trinajstić information content (AvgIpc) is 3.38. The SMILES string of the molecule is Cc1c(C#N)cccc1-c1nc(N)c(F)c(-c2cn(Cc3cccc(C4CCC([S+]=O)CC4)n3)nn2)n1. The fourth-order valence-electron chi connectivity index (χ4n) is 4.67. The van der Waals surface area contributed by atoms with E-state index in [9.17, 15) is 13.9 Å². The maximum absolute atomic E-state index is 15.0. The zero-order chi connectivity index (χ0) is 25.9. The number of halogens is 1. The van der Waals surface area contributed by atoms with Gasteiger partial charge in [-0.05, 0) is 43.5 Å². The Hall–Kier alpha value is -4.17. The summed E-state index contributed by atoms with van der Waals surface area (Å²) >= 11 is 0.707. The summed E-state index contributed by atoms with van der Waals surface area (Å²) in [7, 11) is 0. The lowest BCUT2D eigenvalue weighted by atomic mass is 9.86. The van der Waals surface area contributed by atoms with E-state index in [4.69, 9.17) is 10.7 Å². The number of pyridine rings is 1. The molecule has 1 aromatic carbocycles. The van der Waals surface area contributed by atoms with Crippen molar-refractivity contribution < 1.29 is 8.60 Å². The van der Waals surface area contributed by atoms with Gasteiger partial charge in [-0.25, -0.2) is 19.0 Å². The fourth-order valence-corrected chi connectivity index (χ4v) is 5.14. The number of rotatable bonds is 6. The molecule has 9 nitrogen and oxygen atoms in total. The highest BCUT2D eigenvalue weighted by Crippen LogP contribution is 2.33. The molecule has 1 fully saturated rings. The summed E-state index contributed by atoms with van der Waals surface area (Å²) in [5.41, 5.74) is 9.59. The first kappa shape index (κ1) is 24.5. The average molecular weight is 516 g/mol. The second-order valence-electron chi connectivity index (χ2n) is 9.11. The van der Waals surface area contributed by atoms with Gasteiger partial charge in [0.25, 0.3) is 0 Å². The quantitative estimate of drug-likeness (QED) is 0.377. The van der Waals surface area contributed by atoms with Crippen molar-refractivity contribution in [1.82, 2.24) is 29.9 Å². The van der Waals surface area contributed by atoms with Crippen molar-refractivity contribution in [1.29, 1.82) is 5.26 Å². The zero-order valence-electron chi connectivity index (χ0n) is 20.1. The smallest absolute Gasteiger partial charge is 0.381 e. The first-order valence-electron chi connectivity index (χ1n) is 11.9. The van der Waals surface area contributed by atoms with Crippen LogP contribution < -0.4 is 5.73 Å². The standard InChI is InChI=1S/C26H24FN8OS/c1-15-17(12-28)4-2-6-20(15)26-31-24(23(27)25(29)32-26)22-14-35(34-33-22)13-18-5-3-7-21(30-18)16-8-10-19(37-36)11-9-16/h2-7,14,16,19H,8-11,13H2,1H3,(H2,29,31,32)/q+1. The molecule has 0 amide bonds. The summed E-state index contributed by atoms with van der Waals surface area (Å²) in [5, 5.41) is 17.8. The van der Waals surface area contributed by atoms with E-state index in [-0.39, 0.29) is 28.3 Å². The molecular weight excluding hydrogens is 491 g/mol. The van der Waals surface area contributed by atoms with Crippen molar-refractivity contribution in [2.75, 3.05) is 5.73 Å². The number of hydrogen-bond acceptors (Lipinski definition) is 8. The van der Waals surface area contributed by atoms with Crippen LogP contribution in [0.1, 0.15) is 54.1 Å². The van der Waals surface area contributed by atoms with Crippen LogP contribution in [-0.4, -0.2) is 35.2 Å². The Kier molecular flexibility index (Phi) is 6.92. The molecular formula is C26H24FN8OS+. The molecule has 0 spiro atoms. The van der Waals surface area contributed by atoms with Crippen molar-refractivity contribution >= 4 is 17.5 Å². The van der Waals surface area contributed by atoms with E-state index in [1.807, 2.05) is 18.2 Å². The summed E-state index contributed by atoms with van der Waals surface area (Å²) in [6, 6.07) is 13.2. The first-order chi connectivity index (χ1) is 18.0. The summed E-state index contributed by atoms with van der Waals surface area (Å²) in [6.45, 7) is 2.13. The lowest BCUT2D eigenvalue weighted by Gasteiger charge is -2.21. The molecule has 4 aromatic rings. The Morgan fingerprint density at radius 3 is 2.68 bits per heavy atom. The van der Waals surface area contributed by atoms with Crippen LogP contribution in [0.4, 0.5) is 10.2 Å². The van der Waals surface area contributed by atoms with Gasteiger partial charge in [0.05, 0.1) is 30.1 Å². The highest BCUT2D eigenvalue weighted by molar-refractivity contribution is 7.66. The van der Waals surface area contributed by atoms with Crippen molar-refractivity contribution in [3.63, 3.8) is 0 Å². The van der Waals surface area contributed by atoms with Crippen molar-refractivity contribution in [2.24, 2.45) is 0 Å². The minimum Gasteiger partial charge on any atom is -0.381 e. The molecule has 11 heteroatoms. The van der Waals surface area contributed by atoms with Crippen LogP contribution in [0.15, 0.2) is 42.6 Å². The Bertz CT molecular complexity index is 1510. The van der Waals surface area contributed by atoms with Crippen LogP contribution >= 0.6 is 0 Å². The van der Waals surface area contributed by atoms with E-state index < -0.39 is 5.82 Å². The molecule has 5 rings (SSSR count). The minimum absolute atomic E-state index is 0.0646. The van der Waals surface area contributed by atoms with E-state index in [1.54, 1.807) is 36.0 Å². The van der Waals surface area contributed by atoms with Gasteiger partial charge in [-0.2, -0.15) is 5.26 Å². The summed E-state index contributed by atoms with van der Waals surface area (Å²) in [4.78, 5) is 13.3. The van der Waals surface area contributed by atoms with Gasteiger partial charge >= 0.3 is 11.7 Å².